The third-order valence-electron chi connectivity index (χ3n) is 3.63. The van der Waals surface area contributed by atoms with E-state index in [1.165, 1.54) is 16.7 Å². The molecule has 1 N–H and O–H groups in total. The average Bonchev–Trinajstić information content (AvgIpc) is 2.48. The molecule has 0 unspecified atom stereocenters. The summed E-state index contributed by atoms with van der Waals surface area (Å²) in [5, 5.41) is 9.74. The molecule has 1 atom stereocenters. The monoisotopic (exact) mass is 270 g/mol. The van der Waals surface area contributed by atoms with Crippen molar-refractivity contribution in [2.45, 2.75) is 39.9 Å². The van der Waals surface area contributed by atoms with E-state index < -0.39 is 0 Å². The SMILES string of the molecule is CC[C@@H](O)c1ccc(OCc2ccc(C)c(C)c2)cc1. The van der Waals surface area contributed by atoms with E-state index in [2.05, 4.69) is 32.0 Å². The van der Waals surface area contributed by atoms with Gasteiger partial charge in [0.1, 0.15) is 12.4 Å². The van der Waals surface area contributed by atoms with Crippen molar-refractivity contribution in [2.75, 3.05) is 0 Å². The molecular weight excluding hydrogens is 248 g/mol. The lowest BCUT2D eigenvalue weighted by molar-refractivity contribution is 0.173. The van der Waals surface area contributed by atoms with Crippen molar-refractivity contribution < 1.29 is 9.84 Å². The summed E-state index contributed by atoms with van der Waals surface area (Å²) in [5.74, 6) is 0.829. The first kappa shape index (κ1) is 14.6. The van der Waals surface area contributed by atoms with Crippen molar-refractivity contribution in [3.63, 3.8) is 0 Å². The number of benzene rings is 2. The van der Waals surface area contributed by atoms with Crippen LogP contribution in [0.15, 0.2) is 42.5 Å². The van der Waals surface area contributed by atoms with Gasteiger partial charge in [-0.1, -0.05) is 37.3 Å². The second-order valence-electron chi connectivity index (χ2n) is 5.20. The second kappa shape index (κ2) is 6.58. The molecule has 20 heavy (non-hydrogen) atoms. The molecule has 0 bridgehead atoms. The van der Waals surface area contributed by atoms with Crippen molar-refractivity contribution in [2.24, 2.45) is 0 Å². The van der Waals surface area contributed by atoms with E-state index in [4.69, 9.17) is 4.74 Å². The molecule has 0 fully saturated rings. The van der Waals surface area contributed by atoms with Crippen molar-refractivity contribution in [1.82, 2.24) is 0 Å². The minimum Gasteiger partial charge on any atom is -0.489 e. The molecule has 0 aromatic heterocycles. The van der Waals surface area contributed by atoms with Crippen molar-refractivity contribution in [3.8, 4) is 5.75 Å². The topological polar surface area (TPSA) is 29.5 Å². The zero-order valence-electron chi connectivity index (χ0n) is 12.4. The third kappa shape index (κ3) is 3.61. The summed E-state index contributed by atoms with van der Waals surface area (Å²) in [5.41, 5.74) is 4.69. The molecule has 0 spiro atoms. The lowest BCUT2D eigenvalue weighted by Gasteiger charge is -2.11. The van der Waals surface area contributed by atoms with E-state index in [9.17, 15) is 5.11 Å². The summed E-state index contributed by atoms with van der Waals surface area (Å²) in [6, 6.07) is 14.0. The quantitative estimate of drug-likeness (QED) is 0.876. The molecule has 0 aliphatic carbocycles. The summed E-state index contributed by atoms with van der Waals surface area (Å²) in [6.45, 7) is 6.75. The van der Waals surface area contributed by atoms with Crippen LogP contribution in [0.1, 0.15) is 41.7 Å². The molecule has 0 heterocycles. The Bertz CT molecular complexity index is 558. The Labute approximate surface area is 121 Å². The van der Waals surface area contributed by atoms with Gasteiger partial charge in [-0.15, -0.1) is 0 Å². The van der Waals surface area contributed by atoms with Crippen LogP contribution < -0.4 is 4.74 Å². The van der Waals surface area contributed by atoms with E-state index in [-0.39, 0.29) is 6.10 Å². The summed E-state index contributed by atoms with van der Waals surface area (Å²) >= 11 is 0. The van der Waals surface area contributed by atoms with Crippen LogP contribution in [0.3, 0.4) is 0 Å². The highest BCUT2D eigenvalue weighted by molar-refractivity contribution is 5.31. The van der Waals surface area contributed by atoms with E-state index in [0.29, 0.717) is 6.61 Å². The van der Waals surface area contributed by atoms with Gasteiger partial charge in [-0.2, -0.15) is 0 Å². The van der Waals surface area contributed by atoms with Crippen molar-refractivity contribution in [1.29, 1.82) is 0 Å². The van der Waals surface area contributed by atoms with Crippen LogP contribution in [0, 0.1) is 13.8 Å². The Morgan fingerprint density at radius 3 is 2.30 bits per heavy atom. The number of aryl methyl sites for hydroxylation is 2. The van der Waals surface area contributed by atoms with Crippen LogP contribution in [-0.4, -0.2) is 5.11 Å². The lowest BCUT2D eigenvalue weighted by atomic mass is 10.1. The van der Waals surface area contributed by atoms with Gasteiger partial charge in [0.2, 0.25) is 0 Å². The maximum atomic E-state index is 9.74. The van der Waals surface area contributed by atoms with Gasteiger partial charge in [-0.05, 0) is 54.7 Å². The predicted molar refractivity (Wildman–Crippen MR) is 81.9 cm³/mol. The van der Waals surface area contributed by atoms with Crippen LogP contribution in [0.5, 0.6) is 5.75 Å². The highest BCUT2D eigenvalue weighted by Crippen LogP contribution is 2.20. The Hall–Kier alpha value is -1.80. The highest BCUT2D eigenvalue weighted by Gasteiger charge is 2.04. The van der Waals surface area contributed by atoms with Gasteiger partial charge in [0.25, 0.3) is 0 Å². The van der Waals surface area contributed by atoms with Crippen LogP contribution in [0.4, 0.5) is 0 Å². The summed E-state index contributed by atoms with van der Waals surface area (Å²) in [4.78, 5) is 0. The van der Waals surface area contributed by atoms with Gasteiger partial charge >= 0.3 is 0 Å². The first-order valence-corrected chi connectivity index (χ1v) is 7.07. The van der Waals surface area contributed by atoms with Gasteiger partial charge in [-0.3, -0.25) is 0 Å². The molecule has 0 aliphatic rings. The predicted octanol–water partition coefficient (Wildman–Crippen LogP) is 4.33. The molecule has 2 aromatic rings. The highest BCUT2D eigenvalue weighted by atomic mass is 16.5. The number of rotatable bonds is 5. The summed E-state index contributed by atoms with van der Waals surface area (Å²) < 4.78 is 5.77. The second-order valence-corrected chi connectivity index (χ2v) is 5.20. The molecule has 106 valence electrons. The zero-order chi connectivity index (χ0) is 14.5. The van der Waals surface area contributed by atoms with Gasteiger partial charge in [0.05, 0.1) is 6.10 Å². The van der Waals surface area contributed by atoms with E-state index in [1.54, 1.807) is 0 Å². The maximum absolute atomic E-state index is 9.74. The first-order valence-electron chi connectivity index (χ1n) is 7.07. The molecule has 0 amide bonds. The molecular formula is C18H22O2. The molecule has 0 saturated carbocycles. The van der Waals surface area contributed by atoms with Crippen LogP contribution >= 0.6 is 0 Å². The Morgan fingerprint density at radius 2 is 1.70 bits per heavy atom. The molecule has 0 radical (unpaired) electrons. The molecule has 0 aliphatic heterocycles. The van der Waals surface area contributed by atoms with Gasteiger partial charge < -0.3 is 9.84 Å². The van der Waals surface area contributed by atoms with Crippen molar-refractivity contribution >= 4 is 0 Å². The number of hydrogen-bond acceptors (Lipinski definition) is 2. The average molecular weight is 270 g/mol. The van der Waals surface area contributed by atoms with E-state index in [1.807, 2.05) is 31.2 Å². The zero-order valence-corrected chi connectivity index (χ0v) is 12.4. The fourth-order valence-electron chi connectivity index (χ4n) is 2.08. The van der Waals surface area contributed by atoms with Crippen molar-refractivity contribution in [3.05, 3.63) is 64.7 Å². The minimum atomic E-state index is -0.385. The van der Waals surface area contributed by atoms with Gasteiger partial charge in [-0.25, -0.2) is 0 Å². The number of aliphatic hydroxyl groups excluding tert-OH is 1. The summed E-state index contributed by atoms with van der Waals surface area (Å²) in [7, 11) is 0. The van der Waals surface area contributed by atoms with Gasteiger partial charge in [0.15, 0.2) is 0 Å². The van der Waals surface area contributed by atoms with Crippen LogP contribution in [0.25, 0.3) is 0 Å². The van der Waals surface area contributed by atoms with E-state index >= 15 is 0 Å². The molecule has 2 heteroatoms. The smallest absolute Gasteiger partial charge is 0.119 e. The lowest BCUT2D eigenvalue weighted by Crippen LogP contribution is -1.98. The molecule has 2 nitrogen and oxygen atoms in total. The normalized spacial score (nSPS) is 12.2. The fourth-order valence-corrected chi connectivity index (χ4v) is 2.08. The Kier molecular flexibility index (Phi) is 4.80. The fraction of sp³-hybridized carbons (Fsp3) is 0.333. The molecule has 2 rings (SSSR count). The Balaban J connectivity index is 1.98. The first-order chi connectivity index (χ1) is 9.60. The molecule has 0 saturated heterocycles. The number of hydrogen-bond donors (Lipinski definition) is 1. The maximum Gasteiger partial charge on any atom is 0.119 e. The summed E-state index contributed by atoms with van der Waals surface area (Å²) in [6.07, 6.45) is 0.340. The van der Waals surface area contributed by atoms with E-state index in [0.717, 1.165) is 17.7 Å². The minimum absolute atomic E-state index is 0.385. The number of aliphatic hydroxyl groups is 1. The third-order valence-corrected chi connectivity index (χ3v) is 3.63. The van der Waals surface area contributed by atoms with Gasteiger partial charge in [0, 0.05) is 0 Å². The standard InChI is InChI=1S/C18H22O2/c1-4-18(19)16-7-9-17(10-8-16)20-12-15-6-5-13(2)14(3)11-15/h5-11,18-19H,4,12H2,1-3H3/t18-/m1/s1. The Morgan fingerprint density at radius 1 is 1.00 bits per heavy atom. The van der Waals surface area contributed by atoms with Crippen LogP contribution in [-0.2, 0) is 6.61 Å². The van der Waals surface area contributed by atoms with Crippen LogP contribution in [0.2, 0.25) is 0 Å². The largest absolute Gasteiger partial charge is 0.489 e. The molecule has 2 aromatic carbocycles. The number of ether oxygens (including phenoxy) is 1.